The number of carbonyl (C=O) groups is 2. The average molecular weight is 304 g/mol. The van der Waals surface area contributed by atoms with Gasteiger partial charge in [0, 0.05) is 5.56 Å². The molecule has 1 aromatic rings. The van der Waals surface area contributed by atoms with Gasteiger partial charge in [-0.15, -0.1) is 0 Å². The van der Waals surface area contributed by atoms with Crippen LogP contribution >= 0.6 is 0 Å². The zero-order chi connectivity index (χ0) is 16.0. The number of fused-ring (bicyclic) bond motifs is 2. The molecule has 0 amide bonds. The first-order chi connectivity index (χ1) is 10.4. The van der Waals surface area contributed by atoms with Gasteiger partial charge in [-0.3, -0.25) is 4.79 Å². The molecular formula is C17H20O5. The van der Waals surface area contributed by atoms with Gasteiger partial charge >= 0.3 is 11.9 Å². The Hall–Kier alpha value is -2.04. The van der Waals surface area contributed by atoms with E-state index < -0.39 is 11.0 Å². The fourth-order valence-electron chi connectivity index (χ4n) is 3.53. The summed E-state index contributed by atoms with van der Waals surface area (Å²) in [5, 5.41) is 0. The number of esters is 2. The van der Waals surface area contributed by atoms with Gasteiger partial charge in [-0.1, -0.05) is 6.07 Å². The normalized spacial score (nSPS) is 29.9. The van der Waals surface area contributed by atoms with Crippen molar-refractivity contribution in [1.82, 2.24) is 0 Å². The van der Waals surface area contributed by atoms with Crippen molar-refractivity contribution in [3.05, 3.63) is 29.3 Å². The van der Waals surface area contributed by atoms with Crippen LogP contribution in [0.5, 0.6) is 5.75 Å². The number of methoxy groups -OCH3 is 2. The van der Waals surface area contributed by atoms with Crippen molar-refractivity contribution in [2.24, 2.45) is 5.41 Å². The van der Waals surface area contributed by atoms with E-state index in [1.54, 1.807) is 13.2 Å². The quantitative estimate of drug-likeness (QED) is 0.786. The van der Waals surface area contributed by atoms with Gasteiger partial charge in [0.1, 0.15) is 11.4 Å². The Morgan fingerprint density at radius 2 is 1.86 bits per heavy atom. The van der Waals surface area contributed by atoms with E-state index >= 15 is 0 Å². The summed E-state index contributed by atoms with van der Waals surface area (Å²) >= 11 is 0. The van der Waals surface area contributed by atoms with Crippen LogP contribution in [-0.4, -0.2) is 26.2 Å². The van der Waals surface area contributed by atoms with Crippen LogP contribution in [0.4, 0.5) is 0 Å². The van der Waals surface area contributed by atoms with E-state index in [4.69, 9.17) is 14.2 Å². The van der Waals surface area contributed by atoms with E-state index in [0.29, 0.717) is 37.0 Å². The predicted molar refractivity (Wildman–Crippen MR) is 78.7 cm³/mol. The van der Waals surface area contributed by atoms with Crippen LogP contribution in [0.2, 0.25) is 0 Å². The Balaban J connectivity index is 1.90. The van der Waals surface area contributed by atoms with Gasteiger partial charge in [0.25, 0.3) is 0 Å². The van der Waals surface area contributed by atoms with Crippen molar-refractivity contribution >= 4 is 11.9 Å². The lowest BCUT2D eigenvalue weighted by Crippen LogP contribution is -2.40. The average Bonchev–Trinajstić information content (AvgIpc) is 2.82. The van der Waals surface area contributed by atoms with Crippen LogP contribution < -0.4 is 4.74 Å². The Kier molecular flexibility index (Phi) is 3.38. The largest absolute Gasteiger partial charge is 0.497 e. The van der Waals surface area contributed by atoms with Crippen LogP contribution in [0, 0.1) is 5.41 Å². The second-order valence-electron chi connectivity index (χ2n) is 6.35. The minimum Gasteiger partial charge on any atom is -0.497 e. The van der Waals surface area contributed by atoms with Gasteiger partial charge in [-0.25, -0.2) is 4.79 Å². The fraction of sp³-hybridized carbons (Fsp3) is 0.529. The van der Waals surface area contributed by atoms with Crippen molar-refractivity contribution in [2.45, 2.75) is 38.2 Å². The number of benzene rings is 1. The smallest absolute Gasteiger partial charge is 0.339 e. The molecule has 0 unspecified atom stereocenters. The summed E-state index contributed by atoms with van der Waals surface area (Å²) in [6, 6.07) is 5.47. The maximum absolute atomic E-state index is 12.2. The van der Waals surface area contributed by atoms with Crippen LogP contribution in [0.3, 0.4) is 0 Å². The van der Waals surface area contributed by atoms with E-state index in [-0.39, 0.29) is 11.9 Å². The first-order valence-corrected chi connectivity index (χ1v) is 7.44. The molecule has 5 nitrogen and oxygen atoms in total. The maximum Gasteiger partial charge on any atom is 0.339 e. The van der Waals surface area contributed by atoms with Gasteiger partial charge in [0.05, 0.1) is 25.2 Å². The van der Waals surface area contributed by atoms with E-state index in [2.05, 4.69) is 0 Å². The molecule has 1 fully saturated rings. The first-order valence-electron chi connectivity index (χ1n) is 7.44. The third-order valence-electron chi connectivity index (χ3n) is 5.06. The summed E-state index contributed by atoms with van der Waals surface area (Å²) in [6.45, 7) is 1.91. The molecular weight excluding hydrogens is 284 g/mol. The summed E-state index contributed by atoms with van der Waals surface area (Å²) in [5.41, 5.74) is 0.375. The Morgan fingerprint density at radius 1 is 1.18 bits per heavy atom. The monoisotopic (exact) mass is 304 g/mol. The van der Waals surface area contributed by atoms with Gasteiger partial charge in [-0.2, -0.15) is 0 Å². The lowest BCUT2D eigenvalue weighted by Gasteiger charge is -2.40. The second-order valence-corrected chi connectivity index (χ2v) is 6.35. The van der Waals surface area contributed by atoms with Crippen LogP contribution in [-0.2, 0) is 19.9 Å². The number of hydrogen-bond acceptors (Lipinski definition) is 5. The molecule has 5 heteroatoms. The van der Waals surface area contributed by atoms with E-state index in [9.17, 15) is 9.59 Å². The van der Waals surface area contributed by atoms with Crippen molar-refractivity contribution in [2.75, 3.05) is 14.2 Å². The first kappa shape index (κ1) is 14.9. The highest BCUT2D eigenvalue weighted by Gasteiger charge is 2.52. The number of rotatable bonds is 2. The van der Waals surface area contributed by atoms with E-state index in [1.165, 1.54) is 7.11 Å². The Morgan fingerprint density at radius 3 is 2.45 bits per heavy atom. The molecule has 0 aromatic heterocycles. The number of hydrogen-bond donors (Lipinski definition) is 0. The molecule has 1 aromatic carbocycles. The summed E-state index contributed by atoms with van der Waals surface area (Å²) in [4.78, 5) is 24.1. The van der Waals surface area contributed by atoms with Crippen LogP contribution in [0.25, 0.3) is 0 Å². The van der Waals surface area contributed by atoms with Gasteiger partial charge in [0.2, 0.25) is 0 Å². The molecule has 0 atom stereocenters. The zero-order valence-electron chi connectivity index (χ0n) is 13.1. The number of carbonyl (C=O) groups excluding carboxylic acids is 2. The van der Waals surface area contributed by atoms with Crippen LogP contribution in [0.15, 0.2) is 18.2 Å². The molecule has 0 radical (unpaired) electrons. The molecule has 1 aliphatic heterocycles. The minimum atomic E-state index is -0.605. The topological polar surface area (TPSA) is 61.8 Å². The highest BCUT2D eigenvalue weighted by Crippen LogP contribution is 2.52. The predicted octanol–water partition coefficient (Wildman–Crippen LogP) is 2.81. The molecule has 2 aliphatic rings. The Labute approximate surface area is 129 Å². The van der Waals surface area contributed by atoms with E-state index in [1.807, 2.05) is 19.1 Å². The summed E-state index contributed by atoms with van der Waals surface area (Å²) in [6.07, 6.45) is 2.53. The second kappa shape index (κ2) is 5.00. The molecule has 1 saturated carbocycles. The molecule has 1 aliphatic carbocycles. The van der Waals surface area contributed by atoms with Crippen molar-refractivity contribution in [1.29, 1.82) is 0 Å². The maximum atomic E-state index is 12.2. The van der Waals surface area contributed by atoms with Crippen molar-refractivity contribution in [3.8, 4) is 5.75 Å². The SMILES string of the molecule is COc1ccc2c(c1)C(=O)O[C@]21CC[C@](C)(C(=O)OC)CC1. The van der Waals surface area contributed by atoms with E-state index in [0.717, 1.165) is 5.56 Å². The van der Waals surface area contributed by atoms with Gasteiger partial charge < -0.3 is 14.2 Å². The third-order valence-corrected chi connectivity index (χ3v) is 5.06. The molecule has 0 bridgehead atoms. The van der Waals surface area contributed by atoms with Crippen LogP contribution in [0.1, 0.15) is 48.5 Å². The summed E-state index contributed by atoms with van der Waals surface area (Å²) in [7, 11) is 2.98. The summed E-state index contributed by atoms with van der Waals surface area (Å²) < 4.78 is 15.8. The molecule has 1 heterocycles. The third kappa shape index (κ3) is 2.07. The summed E-state index contributed by atoms with van der Waals surface area (Å²) in [5.74, 6) is 0.139. The lowest BCUT2D eigenvalue weighted by molar-refractivity contribution is -0.157. The molecule has 22 heavy (non-hydrogen) atoms. The number of ether oxygens (including phenoxy) is 3. The molecule has 0 N–H and O–H groups in total. The van der Waals surface area contributed by atoms with Crippen molar-refractivity contribution in [3.63, 3.8) is 0 Å². The van der Waals surface area contributed by atoms with Gasteiger partial charge in [-0.05, 0) is 44.7 Å². The zero-order valence-corrected chi connectivity index (χ0v) is 13.1. The molecule has 1 spiro atoms. The molecule has 3 rings (SSSR count). The highest BCUT2D eigenvalue weighted by molar-refractivity contribution is 5.95. The molecule has 118 valence electrons. The highest BCUT2D eigenvalue weighted by atomic mass is 16.6. The fourth-order valence-corrected chi connectivity index (χ4v) is 3.53. The lowest BCUT2D eigenvalue weighted by atomic mass is 9.67. The Bertz CT molecular complexity index is 626. The molecule has 0 saturated heterocycles. The van der Waals surface area contributed by atoms with Gasteiger partial charge in [0.15, 0.2) is 0 Å². The van der Waals surface area contributed by atoms with Crippen molar-refractivity contribution < 1.29 is 23.8 Å². The standard InChI is InChI=1S/C17H20O5/c1-16(15(19)21-3)6-8-17(9-7-16)13-5-4-11(20-2)10-12(13)14(18)22-17/h4-5,10H,6-9H2,1-3H3/t16-,17-. The minimum absolute atomic E-state index is 0.193.